The van der Waals surface area contributed by atoms with Gasteiger partial charge in [-0.25, -0.2) is 0 Å². The normalized spacial score (nSPS) is 17.0. The molecule has 0 aromatic heterocycles. The molecule has 2 N–H and O–H groups in total. The van der Waals surface area contributed by atoms with Crippen LogP contribution >= 0.6 is 12.4 Å². The number of halogens is 1. The lowest BCUT2D eigenvalue weighted by molar-refractivity contribution is -0.121. The zero-order chi connectivity index (χ0) is 14.4. The third-order valence-electron chi connectivity index (χ3n) is 3.53. The Morgan fingerprint density at radius 1 is 1.33 bits per heavy atom. The van der Waals surface area contributed by atoms with Gasteiger partial charge in [-0.2, -0.15) is 0 Å². The Labute approximate surface area is 131 Å². The first-order valence-electron chi connectivity index (χ1n) is 6.94. The summed E-state index contributed by atoms with van der Waals surface area (Å²) in [5.74, 6) is 1.45. The van der Waals surface area contributed by atoms with Crippen molar-refractivity contribution in [3.8, 4) is 11.5 Å². The van der Waals surface area contributed by atoms with E-state index in [-0.39, 0.29) is 18.3 Å². The van der Waals surface area contributed by atoms with Gasteiger partial charge in [0.25, 0.3) is 0 Å². The molecule has 0 spiro atoms. The van der Waals surface area contributed by atoms with Crippen LogP contribution in [0.2, 0.25) is 0 Å². The Kier molecular flexibility index (Phi) is 7.32. The first kappa shape index (κ1) is 17.6. The summed E-state index contributed by atoms with van der Waals surface area (Å²) in [6.45, 7) is 1.53. The fourth-order valence-corrected chi connectivity index (χ4v) is 2.42. The summed E-state index contributed by atoms with van der Waals surface area (Å²) in [6, 6.07) is 5.99. The predicted octanol–water partition coefficient (Wildman–Crippen LogP) is 1.88. The number of methoxy groups -OCH3 is 2. The Balaban J connectivity index is 0.00000220. The molecule has 0 aliphatic carbocycles. The van der Waals surface area contributed by atoms with E-state index >= 15 is 0 Å². The minimum atomic E-state index is 0. The molecular formula is C15H23ClN2O3. The largest absolute Gasteiger partial charge is 0.493 e. The number of rotatable bonds is 6. The van der Waals surface area contributed by atoms with Crippen LogP contribution in [-0.2, 0) is 11.3 Å². The van der Waals surface area contributed by atoms with Crippen LogP contribution in [0.1, 0.15) is 24.8 Å². The van der Waals surface area contributed by atoms with E-state index in [1.807, 2.05) is 18.2 Å². The molecule has 1 unspecified atom stereocenters. The highest BCUT2D eigenvalue weighted by Crippen LogP contribution is 2.27. The number of carbonyl (C=O) groups is 1. The molecule has 0 radical (unpaired) electrons. The van der Waals surface area contributed by atoms with Gasteiger partial charge in [0.15, 0.2) is 11.5 Å². The average Bonchev–Trinajstić information content (AvgIpc) is 2.97. The molecule has 1 amide bonds. The lowest BCUT2D eigenvalue weighted by Gasteiger charge is -2.12. The van der Waals surface area contributed by atoms with E-state index in [9.17, 15) is 4.79 Å². The van der Waals surface area contributed by atoms with E-state index in [0.29, 0.717) is 30.5 Å². The molecule has 1 fully saturated rings. The van der Waals surface area contributed by atoms with Crippen LogP contribution in [0.5, 0.6) is 11.5 Å². The van der Waals surface area contributed by atoms with Crippen molar-refractivity contribution in [3.05, 3.63) is 23.8 Å². The molecule has 6 heteroatoms. The quantitative estimate of drug-likeness (QED) is 0.842. The van der Waals surface area contributed by atoms with Crippen molar-refractivity contribution in [1.29, 1.82) is 0 Å². The Hall–Kier alpha value is -1.46. The molecule has 2 rings (SSSR count). The first-order valence-corrected chi connectivity index (χ1v) is 6.94. The predicted molar refractivity (Wildman–Crippen MR) is 84.3 cm³/mol. The van der Waals surface area contributed by atoms with E-state index in [0.717, 1.165) is 24.9 Å². The highest BCUT2D eigenvalue weighted by molar-refractivity contribution is 5.85. The van der Waals surface area contributed by atoms with E-state index in [2.05, 4.69) is 10.6 Å². The van der Waals surface area contributed by atoms with Gasteiger partial charge in [-0.15, -0.1) is 12.4 Å². The van der Waals surface area contributed by atoms with Gasteiger partial charge < -0.3 is 20.1 Å². The van der Waals surface area contributed by atoms with Gasteiger partial charge in [-0.1, -0.05) is 6.07 Å². The van der Waals surface area contributed by atoms with Crippen LogP contribution in [0.3, 0.4) is 0 Å². The van der Waals surface area contributed by atoms with Crippen molar-refractivity contribution in [2.24, 2.45) is 0 Å². The Bertz CT molecular complexity index is 462. The molecule has 1 aromatic rings. The smallest absolute Gasteiger partial charge is 0.221 e. The molecule has 21 heavy (non-hydrogen) atoms. The zero-order valence-electron chi connectivity index (χ0n) is 12.5. The molecule has 5 nitrogen and oxygen atoms in total. The summed E-state index contributed by atoms with van der Waals surface area (Å²) in [6.07, 6.45) is 2.80. The lowest BCUT2D eigenvalue weighted by atomic mass is 10.1. The molecule has 0 saturated carbocycles. The van der Waals surface area contributed by atoms with E-state index in [4.69, 9.17) is 9.47 Å². The molecular weight excluding hydrogens is 292 g/mol. The summed E-state index contributed by atoms with van der Waals surface area (Å²) < 4.78 is 10.4. The van der Waals surface area contributed by atoms with Gasteiger partial charge in [0.2, 0.25) is 5.91 Å². The molecule has 1 saturated heterocycles. The Morgan fingerprint density at radius 3 is 2.71 bits per heavy atom. The standard InChI is InChI=1S/C15H22N2O3.ClH/c1-19-13-6-5-11(8-14(13)20-2)10-17-15(18)9-12-4-3-7-16-12;/h5-6,8,12,16H,3-4,7,9-10H2,1-2H3,(H,17,18);1H. The maximum absolute atomic E-state index is 11.8. The molecule has 1 heterocycles. The highest BCUT2D eigenvalue weighted by Gasteiger charge is 2.17. The van der Waals surface area contributed by atoms with Gasteiger partial charge in [0.1, 0.15) is 0 Å². The van der Waals surface area contributed by atoms with Crippen molar-refractivity contribution in [2.45, 2.75) is 31.8 Å². The number of ether oxygens (including phenoxy) is 2. The lowest BCUT2D eigenvalue weighted by Crippen LogP contribution is -2.31. The first-order chi connectivity index (χ1) is 9.72. The van der Waals surface area contributed by atoms with Gasteiger partial charge in [0.05, 0.1) is 14.2 Å². The maximum Gasteiger partial charge on any atom is 0.221 e. The fourth-order valence-electron chi connectivity index (χ4n) is 2.42. The summed E-state index contributed by atoms with van der Waals surface area (Å²) in [5, 5.41) is 6.26. The average molecular weight is 315 g/mol. The van der Waals surface area contributed by atoms with Crippen molar-refractivity contribution in [1.82, 2.24) is 10.6 Å². The van der Waals surface area contributed by atoms with Gasteiger partial charge in [-0.05, 0) is 37.1 Å². The van der Waals surface area contributed by atoms with Crippen LogP contribution in [0.15, 0.2) is 18.2 Å². The zero-order valence-corrected chi connectivity index (χ0v) is 13.3. The van der Waals surface area contributed by atoms with Crippen LogP contribution in [0, 0.1) is 0 Å². The fraction of sp³-hybridized carbons (Fsp3) is 0.533. The minimum absolute atomic E-state index is 0. The van der Waals surface area contributed by atoms with Crippen LogP contribution in [-0.4, -0.2) is 32.7 Å². The number of benzene rings is 1. The summed E-state index contributed by atoms with van der Waals surface area (Å²) in [4.78, 5) is 11.8. The van der Waals surface area contributed by atoms with Crippen LogP contribution in [0.4, 0.5) is 0 Å². The summed E-state index contributed by atoms with van der Waals surface area (Å²) in [7, 11) is 3.21. The summed E-state index contributed by atoms with van der Waals surface area (Å²) >= 11 is 0. The SMILES string of the molecule is COc1ccc(CNC(=O)CC2CCCN2)cc1OC.Cl. The topological polar surface area (TPSA) is 59.6 Å². The molecule has 0 bridgehead atoms. The number of hydrogen-bond acceptors (Lipinski definition) is 4. The van der Waals surface area contributed by atoms with Crippen LogP contribution in [0.25, 0.3) is 0 Å². The second-order valence-electron chi connectivity index (χ2n) is 4.96. The summed E-state index contributed by atoms with van der Waals surface area (Å²) in [5.41, 5.74) is 0.996. The van der Waals surface area contributed by atoms with E-state index in [1.165, 1.54) is 0 Å². The second-order valence-corrected chi connectivity index (χ2v) is 4.96. The van der Waals surface area contributed by atoms with Crippen LogP contribution < -0.4 is 20.1 Å². The Morgan fingerprint density at radius 2 is 2.10 bits per heavy atom. The van der Waals surface area contributed by atoms with E-state index < -0.39 is 0 Å². The van der Waals surface area contributed by atoms with E-state index in [1.54, 1.807) is 14.2 Å². The van der Waals surface area contributed by atoms with Gasteiger partial charge >= 0.3 is 0 Å². The van der Waals surface area contributed by atoms with Crippen molar-refractivity contribution >= 4 is 18.3 Å². The third-order valence-corrected chi connectivity index (χ3v) is 3.53. The van der Waals surface area contributed by atoms with Crippen molar-refractivity contribution in [3.63, 3.8) is 0 Å². The monoisotopic (exact) mass is 314 g/mol. The molecule has 1 aliphatic heterocycles. The highest BCUT2D eigenvalue weighted by atomic mass is 35.5. The molecule has 1 aromatic carbocycles. The molecule has 1 aliphatic rings. The number of carbonyl (C=O) groups excluding carboxylic acids is 1. The number of nitrogens with one attached hydrogen (secondary N) is 2. The van der Waals surface area contributed by atoms with Crippen molar-refractivity contribution < 1.29 is 14.3 Å². The third kappa shape index (κ3) is 5.10. The minimum Gasteiger partial charge on any atom is -0.493 e. The van der Waals surface area contributed by atoms with Gasteiger partial charge in [-0.3, -0.25) is 4.79 Å². The van der Waals surface area contributed by atoms with Gasteiger partial charge in [0, 0.05) is 19.0 Å². The van der Waals surface area contributed by atoms with Crippen molar-refractivity contribution in [2.75, 3.05) is 20.8 Å². The number of amides is 1. The molecule has 1 atom stereocenters. The second kappa shape index (κ2) is 8.74. The molecule has 118 valence electrons. The maximum atomic E-state index is 11.8. The number of hydrogen-bond donors (Lipinski definition) is 2.